The smallest absolute Gasteiger partial charge is 0.391 e. The molecule has 0 radical (unpaired) electrons. The Morgan fingerprint density at radius 3 is 2.27 bits per heavy atom. The number of alkyl halides is 3. The van der Waals surface area contributed by atoms with E-state index in [-0.39, 0.29) is 34.9 Å². The fourth-order valence-corrected chi connectivity index (χ4v) is 4.79. The minimum atomic E-state index is -4.57. The van der Waals surface area contributed by atoms with Crippen molar-refractivity contribution in [2.45, 2.75) is 33.0 Å². The van der Waals surface area contributed by atoms with E-state index in [4.69, 9.17) is 11.5 Å². The van der Waals surface area contributed by atoms with Gasteiger partial charge in [0.25, 0.3) is 5.91 Å². The van der Waals surface area contributed by atoms with Gasteiger partial charge >= 0.3 is 6.18 Å². The molecule has 1 heterocycles. The fourth-order valence-electron chi connectivity index (χ4n) is 4.79. The zero-order valence-corrected chi connectivity index (χ0v) is 25.9. The number of benzene rings is 2. The molecule has 2 aromatic rings. The summed E-state index contributed by atoms with van der Waals surface area (Å²) in [6, 6.07) is 8.91. The third-order valence-electron chi connectivity index (χ3n) is 7.32. The lowest BCUT2D eigenvalue weighted by atomic mass is 10.0. The number of nitrogens with one attached hydrogen (secondary N) is 2. The SMILES string of the molecule is CCNC(=NC)/C(C(N)=NC)=C(\N)C#Cc1cc(C(=O)Nc2ccc(CN3CCN(C)CC3)c(C(F)(F)F)c2)ccc1CC. The summed E-state index contributed by atoms with van der Waals surface area (Å²) in [6.45, 7) is 7.60. The Bertz CT molecular complexity index is 1490. The number of piperazine rings is 1. The number of hydrogen-bond donors (Lipinski definition) is 4. The minimum absolute atomic E-state index is 0.0533. The van der Waals surface area contributed by atoms with Gasteiger partial charge in [0.1, 0.15) is 11.7 Å². The van der Waals surface area contributed by atoms with Crippen LogP contribution in [0.3, 0.4) is 0 Å². The molecule has 6 N–H and O–H groups in total. The number of nitrogens with zero attached hydrogens (tertiary/aromatic N) is 4. The molecule has 1 fully saturated rings. The summed E-state index contributed by atoms with van der Waals surface area (Å²) < 4.78 is 42.1. The van der Waals surface area contributed by atoms with E-state index >= 15 is 0 Å². The Morgan fingerprint density at radius 1 is 1.00 bits per heavy atom. The van der Waals surface area contributed by atoms with Crippen LogP contribution in [0.25, 0.3) is 0 Å². The molecule has 1 amide bonds. The highest BCUT2D eigenvalue weighted by molar-refractivity contribution is 6.23. The lowest BCUT2D eigenvalue weighted by molar-refractivity contribution is -0.138. The molecule has 0 aliphatic carbocycles. The molecule has 0 bridgehead atoms. The number of likely N-dealkylation sites (N-methyl/N-ethyl adjacent to an activating group) is 2. The van der Waals surface area contributed by atoms with Crippen molar-refractivity contribution in [3.05, 3.63) is 75.5 Å². The van der Waals surface area contributed by atoms with Gasteiger partial charge in [0.2, 0.25) is 0 Å². The maximum atomic E-state index is 14.0. The van der Waals surface area contributed by atoms with Crippen LogP contribution < -0.4 is 22.1 Å². The predicted octanol–water partition coefficient (Wildman–Crippen LogP) is 3.46. The Kier molecular flexibility index (Phi) is 12.0. The molecular formula is C32H41F3N8O. The van der Waals surface area contributed by atoms with E-state index in [0.29, 0.717) is 43.0 Å². The number of nitrogens with two attached hydrogens (primary N) is 2. The van der Waals surface area contributed by atoms with Crippen LogP contribution in [-0.2, 0) is 19.1 Å². The topological polar surface area (TPSA) is 124 Å². The molecule has 1 aliphatic heterocycles. The predicted molar refractivity (Wildman–Crippen MR) is 171 cm³/mol. The van der Waals surface area contributed by atoms with Gasteiger partial charge in [-0.05, 0) is 61.7 Å². The average molecular weight is 611 g/mol. The molecule has 0 aromatic heterocycles. The van der Waals surface area contributed by atoms with Crippen molar-refractivity contribution in [2.24, 2.45) is 21.5 Å². The normalized spacial score (nSPS) is 15.7. The van der Waals surface area contributed by atoms with E-state index < -0.39 is 17.6 Å². The molecule has 0 saturated carbocycles. The van der Waals surface area contributed by atoms with E-state index in [9.17, 15) is 18.0 Å². The first kappa shape index (κ1) is 34.2. The first-order chi connectivity index (χ1) is 20.9. The van der Waals surface area contributed by atoms with Crippen LogP contribution in [0.1, 0.15) is 46.5 Å². The molecule has 1 saturated heterocycles. The number of amidine groups is 2. The molecule has 9 nitrogen and oxygen atoms in total. The maximum absolute atomic E-state index is 14.0. The summed E-state index contributed by atoms with van der Waals surface area (Å²) >= 11 is 0. The Balaban J connectivity index is 1.91. The Hall–Kier alpha value is -4.34. The first-order valence-electron chi connectivity index (χ1n) is 14.4. The third-order valence-corrected chi connectivity index (χ3v) is 7.32. The molecule has 44 heavy (non-hydrogen) atoms. The molecule has 2 aromatic carbocycles. The third kappa shape index (κ3) is 8.84. The number of anilines is 1. The van der Waals surface area contributed by atoms with Crippen LogP contribution in [0.4, 0.5) is 18.9 Å². The Morgan fingerprint density at radius 2 is 1.68 bits per heavy atom. The van der Waals surface area contributed by atoms with E-state index in [1.54, 1.807) is 25.2 Å². The van der Waals surface area contributed by atoms with Crippen molar-refractivity contribution < 1.29 is 18.0 Å². The molecule has 0 spiro atoms. The summed E-state index contributed by atoms with van der Waals surface area (Å²) in [5, 5.41) is 5.71. The monoisotopic (exact) mass is 610 g/mol. The fraction of sp³-hybridized carbons (Fsp3) is 0.406. The van der Waals surface area contributed by atoms with Gasteiger partial charge in [0.05, 0.1) is 16.8 Å². The number of amides is 1. The number of halogens is 3. The lowest BCUT2D eigenvalue weighted by Crippen LogP contribution is -2.44. The van der Waals surface area contributed by atoms with Gasteiger partial charge < -0.3 is 27.0 Å². The molecule has 0 unspecified atom stereocenters. The number of allylic oxidation sites excluding steroid dienone is 1. The Labute approximate surface area is 257 Å². The number of carbonyl (C=O) groups excluding carboxylic acids is 1. The van der Waals surface area contributed by atoms with Crippen LogP contribution >= 0.6 is 0 Å². The van der Waals surface area contributed by atoms with Crippen LogP contribution in [0.15, 0.2) is 57.7 Å². The summed E-state index contributed by atoms with van der Waals surface area (Å²) in [7, 11) is 5.12. The summed E-state index contributed by atoms with van der Waals surface area (Å²) in [6.07, 6.45) is -3.94. The largest absolute Gasteiger partial charge is 0.416 e. The second-order valence-electron chi connectivity index (χ2n) is 10.4. The number of carbonyl (C=O) groups is 1. The van der Waals surface area contributed by atoms with E-state index in [2.05, 4.69) is 37.4 Å². The highest BCUT2D eigenvalue weighted by Crippen LogP contribution is 2.34. The lowest BCUT2D eigenvalue weighted by Gasteiger charge is -2.33. The molecule has 236 valence electrons. The second kappa shape index (κ2) is 15.4. The van der Waals surface area contributed by atoms with Gasteiger partial charge in [-0.2, -0.15) is 13.2 Å². The van der Waals surface area contributed by atoms with Crippen molar-refractivity contribution in [3.63, 3.8) is 0 Å². The van der Waals surface area contributed by atoms with Crippen molar-refractivity contribution in [1.82, 2.24) is 15.1 Å². The van der Waals surface area contributed by atoms with Crippen LogP contribution in [-0.4, -0.2) is 81.2 Å². The van der Waals surface area contributed by atoms with Crippen molar-refractivity contribution in [3.8, 4) is 11.8 Å². The zero-order chi connectivity index (χ0) is 32.4. The van der Waals surface area contributed by atoms with Crippen LogP contribution in [0.2, 0.25) is 0 Å². The highest BCUT2D eigenvalue weighted by atomic mass is 19.4. The maximum Gasteiger partial charge on any atom is 0.416 e. The summed E-state index contributed by atoms with van der Waals surface area (Å²) in [5.74, 6) is 5.97. The average Bonchev–Trinajstić information content (AvgIpc) is 3.00. The summed E-state index contributed by atoms with van der Waals surface area (Å²) in [4.78, 5) is 25.6. The van der Waals surface area contributed by atoms with Gasteiger partial charge in [0, 0.05) is 70.2 Å². The number of aliphatic imine (C=N–C) groups is 2. The van der Waals surface area contributed by atoms with E-state index in [1.165, 1.54) is 19.2 Å². The highest BCUT2D eigenvalue weighted by Gasteiger charge is 2.34. The van der Waals surface area contributed by atoms with Gasteiger partial charge in [-0.3, -0.25) is 19.7 Å². The molecule has 12 heteroatoms. The molecule has 0 atom stereocenters. The number of aryl methyl sites for hydroxylation is 1. The quantitative estimate of drug-likeness (QED) is 0.206. The first-order valence-corrected chi connectivity index (χ1v) is 14.4. The molecule has 1 aliphatic rings. The number of rotatable bonds is 8. The van der Waals surface area contributed by atoms with Crippen LogP contribution in [0.5, 0.6) is 0 Å². The standard InChI is InChI=1S/C32H41F3N8O/c1-6-21-8-9-23(18-22(21)11-13-27(36)28(29(37)38-3)30(39-4)40-7-2)31(44)41-25-12-10-24(26(19-25)32(33,34)35)20-43-16-14-42(5)15-17-43/h8-10,12,18-19H,6-7,14-17,20,36H2,1-5H3,(H2,37,38)(H,39,40)(H,41,44)/b28-27-. The van der Waals surface area contributed by atoms with Crippen LogP contribution in [0, 0.1) is 11.8 Å². The van der Waals surface area contributed by atoms with E-state index in [1.807, 2.05) is 25.8 Å². The molecule has 3 rings (SSSR count). The van der Waals surface area contributed by atoms with Gasteiger partial charge in [-0.15, -0.1) is 0 Å². The number of hydrogen-bond acceptors (Lipinski definition) is 6. The van der Waals surface area contributed by atoms with E-state index in [0.717, 1.165) is 24.7 Å². The summed E-state index contributed by atoms with van der Waals surface area (Å²) in [5.41, 5.74) is 14.0. The molecular weight excluding hydrogens is 569 g/mol. The van der Waals surface area contributed by atoms with Crippen molar-refractivity contribution >= 4 is 23.3 Å². The van der Waals surface area contributed by atoms with Crippen molar-refractivity contribution in [2.75, 3.05) is 59.2 Å². The zero-order valence-electron chi connectivity index (χ0n) is 25.9. The second-order valence-corrected chi connectivity index (χ2v) is 10.4. The van der Waals surface area contributed by atoms with Gasteiger partial charge in [-0.25, -0.2) is 0 Å². The minimum Gasteiger partial charge on any atom is -0.391 e. The van der Waals surface area contributed by atoms with Crippen molar-refractivity contribution in [1.29, 1.82) is 0 Å². The van der Waals surface area contributed by atoms with Gasteiger partial charge in [0.15, 0.2) is 0 Å². The van der Waals surface area contributed by atoms with Gasteiger partial charge in [-0.1, -0.05) is 25.0 Å².